The highest BCUT2D eigenvalue weighted by Gasteiger charge is 2.39. The number of ether oxygens (including phenoxy) is 1. The maximum atomic E-state index is 5.64. The zero-order valence-electron chi connectivity index (χ0n) is 16.2. The third-order valence-corrected chi connectivity index (χ3v) is 6.24. The number of aryl methyl sites for hydroxylation is 1. The fourth-order valence-electron chi connectivity index (χ4n) is 3.97. The van der Waals surface area contributed by atoms with Crippen LogP contribution in [-0.2, 0) is 11.3 Å². The van der Waals surface area contributed by atoms with E-state index in [9.17, 15) is 0 Å². The summed E-state index contributed by atoms with van der Waals surface area (Å²) >= 11 is 1.70. The first-order valence-electron chi connectivity index (χ1n) is 9.28. The van der Waals surface area contributed by atoms with Crippen LogP contribution >= 0.6 is 35.3 Å². The minimum Gasteiger partial charge on any atom is -0.381 e. The lowest BCUT2D eigenvalue weighted by Crippen LogP contribution is -2.58. The van der Waals surface area contributed by atoms with E-state index in [1.165, 1.54) is 25.9 Å². The second kappa shape index (κ2) is 10.2. The van der Waals surface area contributed by atoms with Gasteiger partial charge in [0, 0.05) is 44.8 Å². The Bertz CT molecular complexity index is 582. The molecule has 2 saturated heterocycles. The largest absolute Gasteiger partial charge is 0.381 e. The molecule has 0 unspecified atom stereocenters. The van der Waals surface area contributed by atoms with Gasteiger partial charge in [0.15, 0.2) is 5.96 Å². The van der Waals surface area contributed by atoms with Crippen molar-refractivity contribution in [3.8, 4) is 0 Å². The van der Waals surface area contributed by atoms with Gasteiger partial charge >= 0.3 is 0 Å². The van der Waals surface area contributed by atoms with Gasteiger partial charge in [0.2, 0.25) is 0 Å². The summed E-state index contributed by atoms with van der Waals surface area (Å²) in [5.74, 6) is 0.940. The highest BCUT2D eigenvalue weighted by Crippen LogP contribution is 2.30. The Labute approximate surface area is 178 Å². The molecule has 1 aromatic rings. The summed E-state index contributed by atoms with van der Waals surface area (Å²) in [4.78, 5) is 13.9. The lowest BCUT2D eigenvalue weighted by Gasteiger charge is -2.45. The van der Waals surface area contributed by atoms with Crippen LogP contribution in [0, 0.1) is 6.92 Å². The molecule has 0 saturated carbocycles. The molecule has 2 aliphatic rings. The van der Waals surface area contributed by atoms with Crippen LogP contribution in [0.25, 0.3) is 0 Å². The molecule has 6 nitrogen and oxygen atoms in total. The molecule has 2 aliphatic heterocycles. The van der Waals surface area contributed by atoms with Crippen molar-refractivity contribution in [2.45, 2.75) is 44.7 Å². The Balaban J connectivity index is 0.00000243. The van der Waals surface area contributed by atoms with Crippen molar-refractivity contribution in [3.05, 3.63) is 16.1 Å². The van der Waals surface area contributed by atoms with E-state index < -0.39 is 0 Å². The molecule has 0 aromatic carbocycles. The predicted octanol–water partition coefficient (Wildman–Crippen LogP) is 2.72. The van der Waals surface area contributed by atoms with Crippen molar-refractivity contribution in [2.75, 3.05) is 46.9 Å². The Morgan fingerprint density at radius 2 is 2.08 bits per heavy atom. The molecule has 3 rings (SSSR count). The number of aromatic nitrogens is 1. The summed E-state index contributed by atoms with van der Waals surface area (Å²) in [6, 6.07) is 0. The van der Waals surface area contributed by atoms with E-state index in [-0.39, 0.29) is 29.5 Å². The van der Waals surface area contributed by atoms with Gasteiger partial charge in [0.1, 0.15) is 0 Å². The standard InChI is InChI=1S/C18H31N5OS.HI/c1-15-21-16(13-25-15)12-22(3)17(19-2)20-14-18(6-10-24-11-7-18)23-8-4-5-9-23;/h13H,4-12,14H2,1-3H3,(H,19,20);1H. The Morgan fingerprint density at radius 1 is 1.38 bits per heavy atom. The first-order valence-corrected chi connectivity index (χ1v) is 10.2. The summed E-state index contributed by atoms with van der Waals surface area (Å²) in [5.41, 5.74) is 1.32. The number of aliphatic imine (C=N–C) groups is 1. The minimum atomic E-state index is 0. The van der Waals surface area contributed by atoms with Crippen LogP contribution in [0.4, 0.5) is 0 Å². The highest BCUT2D eigenvalue weighted by atomic mass is 127. The fourth-order valence-corrected chi connectivity index (χ4v) is 4.58. The quantitative estimate of drug-likeness (QED) is 0.389. The SMILES string of the molecule is CN=C(NCC1(N2CCCC2)CCOCC1)N(C)Cc1csc(C)n1.I. The predicted molar refractivity (Wildman–Crippen MR) is 119 cm³/mol. The second-order valence-corrected chi connectivity index (χ2v) is 8.21. The normalized spacial score (nSPS) is 20.7. The molecule has 26 heavy (non-hydrogen) atoms. The van der Waals surface area contributed by atoms with Crippen molar-refractivity contribution < 1.29 is 4.74 Å². The Kier molecular flexibility index (Phi) is 8.56. The van der Waals surface area contributed by atoms with Crippen LogP contribution in [0.5, 0.6) is 0 Å². The van der Waals surface area contributed by atoms with E-state index in [0.717, 1.165) is 55.8 Å². The van der Waals surface area contributed by atoms with E-state index in [0.29, 0.717) is 0 Å². The molecular formula is C18H32IN5OS. The summed E-state index contributed by atoms with van der Waals surface area (Å²) in [6.07, 6.45) is 4.85. The second-order valence-electron chi connectivity index (χ2n) is 7.15. The van der Waals surface area contributed by atoms with Crippen LogP contribution in [-0.4, -0.2) is 73.2 Å². The molecule has 0 amide bonds. The Morgan fingerprint density at radius 3 is 2.65 bits per heavy atom. The van der Waals surface area contributed by atoms with Gasteiger partial charge in [-0.15, -0.1) is 35.3 Å². The average Bonchev–Trinajstić information content (AvgIpc) is 3.28. The first-order chi connectivity index (χ1) is 12.1. The van der Waals surface area contributed by atoms with Gasteiger partial charge in [-0.1, -0.05) is 0 Å². The van der Waals surface area contributed by atoms with Crippen LogP contribution in [0.1, 0.15) is 36.4 Å². The molecule has 0 aliphatic carbocycles. The number of hydrogen-bond acceptors (Lipinski definition) is 5. The van der Waals surface area contributed by atoms with Crippen molar-refractivity contribution in [3.63, 3.8) is 0 Å². The molecule has 1 aromatic heterocycles. The molecule has 1 N–H and O–H groups in total. The molecule has 0 atom stereocenters. The number of nitrogens with zero attached hydrogens (tertiary/aromatic N) is 4. The van der Waals surface area contributed by atoms with Crippen molar-refractivity contribution in [1.82, 2.24) is 20.1 Å². The number of likely N-dealkylation sites (tertiary alicyclic amines) is 1. The third kappa shape index (κ3) is 5.30. The molecule has 0 bridgehead atoms. The van der Waals surface area contributed by atoms with Crippen LogP contribution < -0.4 is 5.32 Å². The molecule has 0 radical (unpaired) electrons. The van der Waals surface area contributed by atoms with Crippen molar-refractivity contribution >= 4 is 41.3 Å². The minimum absolute atomic E-state index is 0. The van der Waals surface area contributed by atoms with Gasteiger partial charge in [-0.25, -0.2) is 4.98 Å². The van der Waals surface area contributed by atoms with Gasteiger partial charge in [-0.2, -0.15) is 0 Å². The molecular weight excluding hydrogens is 461 g/mol. The maximum absolute atomic E-state index is 5.64. The van der Waals surface area contributed by atoms with Crippen LogP contribution in [0.2, 0.25) is 0 Å². The molecule has 2 fully saturated rings. The number of guanidine groups is 1. The van der Waals surface area contributed by atoms with Gasteiger partial charge in [0.25, 0.3) is 0 Å². The lowest BCUT2D eigenvalue weighted by atomic mass is 9.88. The van der Waals surface area contributed by atoms with E-state index in [2.05, 4.69) is 37.5 Å². The molecule has 148 valence electrons. The van der Waals surface area contributed by atoms with Crippen molar-refractivity contribution in [1.29, 1.82) is 0 Å². The van der Waals surface area contributed by atoms with Gasteiger partial charge in [-0.3, -0.25) is 9.89 Å². The van der Waals surface area contributed by atoms with Crippen LogP contribution in [0.15, 0.2) is 10.4 Å². The summed E-state index contributed by atoms with van der Waals surface area (Å²) in [6.45, 7) is 7.93. The monoisotopic (exact) mass is 493 g/mol. The Hall–Kier alpha value is -0.450. The number of nitrogens with one attached hydrogen (secondary N) is 1. The summed E-state index contributed by atoms with van der Waals surface area (Å²) < 4.78 is 5.64. The van der Waals surface area contributed by atoms with Gasteiger partial charge in [-0.05, 0) is 45.7 Å². The van der Waals surface area contributed by atoms with E-state index in [1.807, 2.05) is 14.0 Å². The first kappa shape index (κ1) is 21.8. The molecule has 0 spiro atoms. The molecule has 3 heterocycles. The number of halogens is 1. The zero-order chi connectivity index (χ0) is 17.7. The van der Waals surface area contributed by atoms with Crippen LogP contribution in [0.3, 0.4) is 0 Å². The molecule has 8 heteroatoms. The number of thiazole rings is 1. The average molecular weight is 493 g/mol. The lowest BCUT2D eigenvalue weighted by molar-refractivity contribution is -0.0166. The van der Waals surface area contributed by atoms with Gasteiger partial charge in [0.05, 0.1) is 17.2 Å². The highest BCUT2D eigenvalue weighted by molar-refractivity contribution is 14.0. The number of rotatable bonds is 5. The van der Waals surface area contributed by atoms with Crippen molar-refractivity contribution in [2.24, 2.45) is 4.99 Å². The summed E-state index contributed by atoms with van der Waals surface area (Å²) in [7, 11) is 3.94. The van der Waals surface area contributed by atoms with E-state index in [1.54, 1.807) is 11.3 Å². The van der Waals surface area contributed by atoms with Gasteiger partial charge < -0.3 is 15.0 Å². The zero-order valence-corrected chi connectivity index (χ0v) is 19.3. The smallest absolute Gasteiger partial charge is 0.193 e. The maximum Gasteiger partial charge on any atom is 0.193 e. The van der Waals surface area contributed by atoms with E-state index in [4.69, 9.17) is 4.74 Å². The topological polar surface area (TPSA) is 53.0 Å². The third-order valence-electron chi connectivity index (χ3n) is 5.42. The summed E-state index contributed by atoms with van der Waals surface area (Å²) in [5, 5.41) is 6.88. The van der Waals surface area contributed by atoms with E-state index >= 15 is 0 Å². The fraction of sp³-hybridized carbons (Fsp3) is 0.778. The number of hydrogen-bond donors (Lipinski definition) is 1.